The number of rotatable bonds is 3. The highest BCUT2D eigenvalue weighted by Gasteiger charge is 2.14. The lowest BCUT2D eigenvalue weighted by atomic mass is 10.1. The fourth-order valence-corrected chi connectivity index (χ4v) is 1.14. The maximum Gasteiger partial charge on any atom is 0.323 e. The summed E-state index contributed by atoms with van der Waals surface area (Å²) in [6.45, 7) is 2.82. The van der Waals surface area contributed by atoms with Gasteiger partial charge in [0.05, 0.1) is 12.0 Å². The molecule has 82 valence electrons. The molecule has 0 bridgehead atoms. The third-order valence-electron chi connectivity index (χ3n) is 1.86. The number of hydrogen-bond donors (Lipinski definition) is 1. The molecule has 15 heavy (non-hydrogen) atoms. The average Bonchev–Trinajstić information content (AvgIpc) is 2.12. The van der Waals surface area contributed by atoms with Gasteiger partial charge in [0.25, 0.3) is 5.56 Å². The van der Waals surface area contributed by atoms with Gasteiger partial charge in [-0.15, -0.1) is 0 Å². The second kappa shape index (κ2) is 4.20. The molecule has 0 aliphatic heterocycles. The molecule has 0 aromatic carbocycles. The van der Waals surface area contributed by atoms with Gasteiger partial charge in [-0.25, -0.2) is 4.98 Å². The van der Waals surface area contributed by atoms with E-state index in [4.69, 9.17) is 5.11 Å². The Morgan fingerprint density at radius 1 is 1.67 bits per heavy atom. The van der Waals surface area contributed by atoms with Crippen LogP contribution in [0.2, 0.25) is 0 Å². The number of aromatic nitrogens is 2. The predicted molar refractivity (Wildman–Crippen MR) is 50.2 cm³/mol. The monoisotopic (exact) mass is 214 g/mol. The first-order valence-corrected chi connectivity index (χ1v) is 4.40. The highest BCUT2D eigenvalue weighted by atomic mass is 19.1. The van der Waals surface area contributed by atoms with E-state index >= 15 is 0 Å². The van der Waals surface area contributed by atoms with Crippen LogP contribution in [0.3, 0.4) is 0 Å². The fraction of sp³-hybridized carbons (Fsp3) is 0.444. The van der Waals surface area contributed by atoms with Gasteiger partial charge in [0.2, 0.25) is 5.82 Å². The number of carbonyl (C=O) groups is 1. The summed E-state index contributed by atoms with van der Waals surface area (Å²) in [5.41, 5.74) is -0.891. The minimum absolute atomic E-state index is 0.0571. The second-order valence-electron chi connectivity index (χ2n) is 3.43. The molecule has 0 unspecified atom stereocenters. The first kappa shape index (κ1) is 11.4. The van der Waals surface area contributed by atoms with Gasteiger partial charge >= 0.3 is 5.97 Å². The maximum absolute atomic E-state index is 13.4. The van der Waals surface area contributed by atoms with E-state index in [1.807, 2.05) is 0 Å². The van der Waals surface area contributed by atoms with E-state index in [1.54, 1.807) is 13.8 Å². The Balaban J connectivity index is 3.22. The zero-order valence-corrected chi connectivity index (χ0v) is 8.40. The van der Waals surface area contributed by atoms with E-state index < -0.39 is 23.9 Å². The lowest BCUT2D eigenvalue weighted by Crippen LogP contribution is -2.28. The molecule has 1 heterocycles. The minimum Gasteiger partial charge on any atom is -0.480 e. The van der Waals surface area contributed by atoms with Gasteiger partial charge in [-0.1, -0.05) is 13.8 Å². The average molecular weight is 214 g/mol. The molecule has 1 aromatic rings. The van der Waals surface area contributed by atoms with Crippen LogP contribution in [-0.4, -0.2) is 20.6 Å². The van der Waals surface area contributed by atoms with Crippen LogP contribution in [0.1, 0.15) is 25.5 Å². The Bertz CT molecular complexity index is 439. The molecule has 0 aliphatic carbocycles. The molecule has 0 aliphatic rings. The number of carboxylic acids is 1. The van der Waals surface area contributed by atoms with Crippen molar-refractivity contribution in [3.63, 3.8) is 0 Å². The third-order valence-corrected chi connectivity index (χ3v) is 1.86. The first-order chi connectivity index (χ1) is 6.93. The van der Waals surface area contributed by atoms with Crippen molar-refractivity contribution in [1.82, 2.24) is 9.55 Å². The second-order valence-corrected chi connectivity index (χ2v) is 3.43. The quantitative estimate of drug-likeness (QED) is 0.799. The molecule has 0 atom stereocenters. The summed E-state index contributed by atoms with van der Waals surface area (Å²) >= 11 is 0. The van der Waals surface area contributed by atoms with Crippen molar-refractivity contribution < 1.29 is 14.3 Å². The standard InChI is InChI=1S/C9H11FN2O3/c1-5(2)8-7(10)9(15)12(4-11-8)3-6(13)14/h4-5H,3H2,1-2H3,(H,13,14). The van der Waals surface area contributed by atoms with Gasteiger partial charge in [0.1, 0.15) is 6.54 Å². The highest BCUT2D eigenvalue weighted by Crippen LogP contribution is 2.11. The van der Waals surface area contributed by atoms with E-state index in [-0.39, 0.29) is 11.6 Å². The van der Waals surface area contributed by atoms with Crippen molar-refractivity contribution in [2.75, 3.05) is 0 Å². The summed E-state index contributed by atoms with van der Waals surface area (Å²) in [5.74, 6) is -2.40. The van der Waals surface area contributed by atoms with Crippen molar-refractivity contribution in [3.8, 4) is 0 Å². The molecule has 0 saturated carbocycles. The maximum atomic E-state index is 13.4. The lowest BCUT2D eigenvalue weighted by molar-refractivity contribution is -0.137. The number of carboxylic acid groups (broad SMARTS) is 1. The number of hydrogen-bond acceptors (Lipinski definition) is 3. The molecule has 1 rings (SSSR count). The van der Waals surface area contributed by atoms with Crippen molar-refractivity contribution in [3.05, 3.63) is 28.2 Å². The topological polar surface area (TPSA) is 72.2 Å². The summed E-state index contributed by atoms with van der Waals surface area (Å²) in [6.07, 6.45) is 1.05. The Morgan fingerprint density at radius 3 is 2.73 bits per heavy atom. The van der Waals surface area contributed by atoms with E-state index in [9.17, 15) is 14.0 Å². The lowest BCUT2D eigenvalue weighted by Gasteiger charge is -2.07. The summed E-state index contributed by atoms with van der Waals surface area (Å²) in [7, 11) is 0. The van der Waals surface area contributed by atoms with Gasteiger partial charge in [0, 0.05) is 0 Å². The molecule has 1 N–H and O–H groups in total. The molecular weight excluding hydrogens is 203 g/mol. The summed E-state index contributed by atoms with van der Waals surface area (Å²) < 4.78 is 14.1. The van der Waals surface area contributed by atoms with Crippen LogP contribution in [-0.2, 0) is 11.3 Å². The molecule has 1 aromatic heterocycles. The highest BCUT2D eigenvalue weighted by molar-refractivity contribution is 5.66. The zero-order chi connectivity index (χ0) is 11.6. The molecule has 0 amide bonds. The zero-order valence-electron chi connectivity index (χ0n) is 8.40. The van der Waals surface area contributed by atoms with Crippen LogP contribution >= 0.6 is 0 Å². The Labute approximate surface area is 85.2 Å². The molecule has 6 heteroatoms. The van der Waals surface area contributed by atoms with E-state index in [1.165, 1.54) is 0 Å². The van der Waals surface area contributed by atoms with E-state index in [0.29, 0.717) is 0 Å². The first-order valence-electron chi connectivity index (χ1n) is 4.40. The number of halogens is 1. The summed E-state index contributed by atoms with van der Waals surface area (Å²) in [6, 6.07) is 0. The fourth-order valence-electron chi connectivity index (χ4n) is 1.14. The van der Waals surface area contributed by atoms with E-state index in [0.717, 1.165) is 10.9 Å². The normalized spacial score (nSPS) is 10.7. The molecule has 5 nitrogen and oxygen atoms in total. The molecular formula is C9H11FN2O3. The SMILES string of the molecule is CC(C)c1ncn(CC(=O)O)c(=O)c1F. The molecule has 0 spiro atoms. The van der Waals surface area contributed by atoms with Crippen LogP contribution in [0.25, 0.3) is 0 Å². The van der Waals surface area contributed by atoms with Gasteiger partial charge in [0.15, 0.2) is 0 Å². The van der Waals surface area contributed by atoms with Gasteiger partial charge < -0.3 is 5.11 Å². The minimum atomic E-state index is -1.21. The molecule has 0 radical (unpaired) electrons. The van der Waals surface area contributed by atoms with Gasteiger partial charge in [-0.2, -0.15) is 4.39 Å². The van der Waals surface area contributed by atoms with Crippen LogP contribution < -0.4 is 5.56 Å². The van der Waals surface area contributed by atoms with Crippen LogP contribution in [0.5, 0.6) is 0 Å². The Morgan fingerprint density at radius 2 is 2.27 bits per heavy atom. The summed E-state index contributed by atoms with van der Waals surface area (Å²) in [4.78, 5) is 25.4. The predicted octanol–water partition coefficient (Wildman–Crippen LogP) is 0.590. The molecule has 0 fully saturated rings. The smallest absolute Gasteiger partial charge is 0.323 e. The van der Waals surface area contributed by atoms with Crippen molar-refractivity contribution in [1.29, 1.82) is 0 Å². The van der Waals surface area contributed by atoms with E-state index in [2.05, 4.69) is 4.98 Å². The number of nitrogens with zero attached hydrogens (tertiary/aromatic N) is 2. The summed E-state index contributed by atoms with van der Waals surface area (Å²) in [5, 5.41) is 8.45. The van der Waals surface area contributed by atoms with Crippen molar-refractivity contribution in [2.24, 2.45) is 0 Å². The van der Waals surface area contributed by atoms with Crippen molar-refractivity contribution >= 4 is 5.97 Å². The van der Waals surface area contributed by atoms with Crippen LogP contribution in [0, 0.1) is 5.82 Å². The van der Waals surface area contributed by atoms with Crippen molar-refractivity contribution in [2.45, 2.75) is 26.3 Å². The van der Waals surface area contributed by atoms with Crippen LogP contribution in [0.4, 0.5) is 4.39 Å². The van der Waals surface area contributed by atoms with Gasteiger partial charge in [-0.3, -0.25) is 14.2 Å². The van der Waals surface area contributed by atoms with Gasteiger partial charge in [-0.05, 0) is 5.92 Å². The van der Waals surface area contributed by atoms with Crippen LogP contribution in [0.15, 0.2) is 11.1 Å². The third kappa shape index (κ3) is 2.39. The Hall–Kier alpha value is -1.72. The Kier molecular flexibility index (Phi) is 3.18. The molecule has 0 saturated heterocycles. The number of aliphatic carboxylic acids is 1. The largest absolute Gasteiger partial charge is 0.480 e.